The molecule has 0 fully saturated rings. The molecule has 2 rings (SSSR count). The molecule has 0 aliphatic carbocycles. The van der Waals surface area contributed by atoms with Gasteiger partial charge in [0.1, 0.15) is 0 Å². The van der Waals surface area contributed by atoms with Crippen molar-refractivity contribution >= 4 is 26.7 Å². The van der Waals surface area contributed by atoms with Gasteiger partial charge in [0.25, 0.3) is 0 Å². The lowest BCUT2D eigenvalue weighted by Gasteiger charge is -2.13. The topological polar surface area (TPSA) is 12.0 Å². The molecule has 90 valence electrons. The Morgan fingerprint density at radius 3 is 2.71 bits per heavy atom. The van der Waals surface area contributed by atoms with Crippen LogP contribution in [-0.4, -0.2) is 11.4 Å². The number of hydrogen-bond donors (Lipinski definition) is 1. The molecule has 17 heavy (non-hydrogen) atoms. The van der Waals surface area contributed by atoms with Crippen LogP contribution in [0.2, 0.25) is 0 Å². The van der Waals surface area contributed by atoms with Crippen LogP contribution < -0.4 is 5.32 Å². The van der Waals surface area contributed by atoms with Gasteiger partial charge < -0.3 is 5.32 Å². The minimum absolute atomic E-state index is 0.549. The maximum absolute atomic E-state index is 3.56. The number of rotatable bonds is 5. The van der Waals surface area contributed by atoms with Gasteiger partial charge in [-0.1, -0.05) is 58.4 Å². The Bertz CT molecular complexity index is 476. The molecule has 0 aromatic heterocycles. The van der Waals surface area contributed by atoms with Crippen LogP contribution in [0.25, 0.3) is 10.8 Å². The zero-order valence-electron chi connectivity index (χ0n) is 10.1. The van der Waals surface area contributed by atoms with Gasteiger partial charge in [-0.2, -0.15) is 0 Å². The maximum Gasteiger partial charge on any atom is 0.0214 e. The van der Waals surface area contributed by atoms with E-state index < -0.39 is 0 Å². The van der Waals surface area contributed by atoms with Crippen molar-refractivity contribution in [2.24, 2.45) is 0 Å². The summed E-state index contributed by atoms with van der Waals surface area (Å²) in [5.74, 6) is 0. The molecule has 0 bridgehead atoms. The predicted octanol–water partition coefficient (Wildman–Crippen LogP) is 4.10. The summed E-state index contributed by atoms with van der Waals surface area (Å²) in [6.07, 6.45) is 1.16. The summed E-state index contributed by atoms with van der Waals surface area (Å²) in [6.45, 7) is 3.17. The fraction of sp³-hybridized carbons (Fsp3) is 0.333. The number of hydrogen-bond acceptors (Lipinski definition) is 1. The Labute approximate surface area is 111 Å². The van der Waals surface area contributed by atoms with Gasteiger partial charge in [0.15, 0.2) is 0 Å². The smallest absolute Gasteiger partial charge is 0.0214 e. The highest BCUT2D eigenvalue weighted by Crippen LogP contribution is 2.18. The first-order valence-corrected chi connectivity index (χ1v) is 7.19. The average Bonchev–Trinajstić information content (AvgIpc) is 2.36. The Kier molecular flexibility index (Phi) is 4.57. The third-order valence-electron chi connectivity index (χ3n) is 3.06. The highest BCUT2D eigenvalue weighted by Gasteiger charge is 2.03. The molecular formula is C15H18BrN. The summed E-state index contributed by atoms with van der Waals surface area (Å²) in [5, 5.41) is 7.29. The first-order valence-electron chi connectivity index (χ1n) is 6.07. The minimum Gasteiger partial charge on any atom is -0.310 e. The SMILES string of the molecule is CC(CCBr)NCc1cccc2ccccc12. The summed E-state index contributed by atoms with van der Waals surface area (Å²) < 4.78 is 0. The summed E-state index contributed by atoms with van der Waals surface area (Å²) in [7, 11) is 0. The molecule has 0 spiro atoms. The van der Waals surface area contributed by atoms with E-state index >= 15 is 0 Å². The van der Waals surface area contributed by atoms with E-state index in [0.717, 1.165) is 18.3 Å². The molecule has 0 heterocycles. The van der Waals surface area contributed by atoms with Crippen LogP contribution in [0.1, 0.15) is 18.9 Å². The van der Waals surface area contributed by atoms with Gasteiger partial charge in [-0.05, 0) is 29.7 Å². The molecule has 0 aliphatic heterocycles. The van der Waals surface area contributed by atoms with Crippen LogP contribution in [0.4, 0.5) is 0 Å². The molecule has 2 aromatic carbocycles. The lowest BCUT2D eigenvalue weighted by atomic mass is 10.0. The minimum atomic E-state index is 0.549. The zero-order chi connectivity index (χ0) is 12.1. The van der Waals surface area contributed by atoms with Crippen LogP contribution in [0.3, 0.4) is 0 Å². The summed E-state index contributed by atoms with van der Waals surface area (Å²) in [6, 6.07) is 15.6. The molecule has 2 heteroatoms. The van der Waals surface area contributed by atoms with Crippen LogP contribution >= 0.6 is 15.9 Å². The molecule has 1 unspecified atom stereocenters. The van der Waals surface area contributed by atoms with E-state index in [1.54, 1.807) is 0 Å². The van der Waals surface area contributed by atoms with E-state index in [1.165, 1.54) is 16.3 Å². The quantitative estimate of drug-likeness (QED) is 0.818. The summed E-state index contributed by atoms with van der Waals surface area (Å²) >= 11 is 3.48. The molecule has 0 saturated carbocycles. The third-order valence-corrected chi connectivity index (χ3v) is 3.52. The molecule has 0 amide bonds. The normalized spacial score (nSPS) is 12.8. The zero-order valence-corrected chi connectivity index (χ0v) is 11.7. The molecular weight excluding hydrogens is 274 g/mol. The standard InChI is InChI=1S/C15H18BrN/c1-12(9-10-16)17-11-14-7-4-6-13-5-2-3-8-15(13)14/h2-8,12,17H,9-11H2,1H3. The van der Waals surface area contributed by atoms with Crippen molar-refractivity contribution in [1.29, 1.82) is 0 Å². The summed E-state index contributed by atoms with van der Waals surface area (Å²) in [5.41, 5.74) is 1.38. The molecule has 0 saturated heterocycles. The molecule has 1 N–H and O–H groups in total. The van der Waals surface area contributed by atoms with Crippen LogP contribution in [0, 0.1) is 0 Å². The van der Waals surface area contributed by atoms with Crippen molar-refractivity contribution in [3.63, 3.8) is 0 Å². The van der Waals surface area contributed by atoms with Crippen LogP contribution in [0.5, 0.6) is 0 Å². The van der Waals surface area contributed by atoms with Crippen molar-refractivity contribution in [1.82, 2.24) is 5.32 Å². The average molecular weight is 292 g/mol. The van der Waals surface area contributed by atoms with E-state index in [0.29, 0.717) is 6.04 Å². The van der Waals surface area contributed by atoms with Crippen molar-refractivity contribution in [3.8, 4) is 0 Å². The van der Waals surface area contributed by atoms with Crippen molar-refractivity contribution in [2.45, 2.75) is 25.9 Å². The number of halogens is 1. The molecule has 2 aromatic rings. The second kappa shape index (κ2) is 6.18. The first-order chi connectivity index (χ1) is 8.31. The molecule has 0 radical (unpaired) electrons. The lowest BCUT2D eigenvalue weighted by molar-refractivity contribution is 0.540. The Morgan fingerprint density at radius 2 is 1.88 bits per heavy atom. The number of nitrogens with one attached hydrogen (secondary N) is 1. The molecule has 1 nitrogen and oxygen atoms in total. The van der Waals surface area contributed by atoms with Gasteiger partial charge in [0.05, 0.1) is 0 Å². The maximum atomic E-state index is 3.56. The second-order valence-corrected chi connectivity index (χ2v) is 5.19. The van der Waals surface area contributed by atoms with E-state index in [-0.39, 0.29) is 0 Å². The van der Waals surface area contributed by atoms with E-state index in [1.807, 2.05) is 0 Å². The van der Waals surface area contributed by atoms with Gasteiger partial charge in [0, 0.05) is 17.9 Å². The second-order valence-electron chi connectivity index (χ2n) is 4.40. The van der Waals surface area contributed by atoms with Crippen molar-refractivity contribution < 1.29 is 0 Å². The molecule has 0 aliphatic rings. The van der Waals surface area contributed by atoms with E-state index in [4.69, 9.17) is 0 Å². The number of benzene rings is 2. The highest BCUT2D eigenvalue weighted by molar-refractivity contribution is 9.09. The van der Waals surface area contributed by atoms with Crippen molar-refractivity contribution in [2.75, 3.05) is 5.33 Å². The van der Waals surface area contributed by atoms with Crippen LogP contribution in [-0.2, 0) is 6.54 Å². The number of alkyl halides is 1. The predicted molar refractivity (Wildman–Crippen MR) is 78.7 cm³/mol. The Morgan fingerprint density at radius 1 is 1.12 bits per heavy atom. The molecule has 1 atom stereocenters. The van der Waals surface area contributed by atoms with Crippen molar-refractivity contribution in [3.05, 3.63) is 48.0 Å². The fourth-order valence-electron chi connectivity index (χ4n) is 2.00. The Balaban J connectivity index is 2.13. The van der Waals surface area contributed by atoms with Crippen LogP contribution in [0.15, 0.2) is 42.5 Å². The van der Waals surface area contributed by atoms with Gasteiger partial charge in [-0.15, -0.1) is 0 Å². The van der Waals surface area contributed by atoms with Gasteiger partial charge in [-0.25, -0.2) is 0 Å². The lowest BCUT2D eigenvalue weighted by Crippen LogP contribution is -2.25. The van der Waals surface area contributed by atoms with E-state index in [2.05, 4.69) is 70.6 Å². The van der Waals surface area contributed by atoms with Gasteiger partial charge in [0.2, 0.25) is 0 Å². The van der Waals surface area contributed by atoms with E-state index in [9.17, 15) is 0 Å². The van der Waals surface area contributed by atoms with Gasteiger partial charge >= 0.3 is 0 Å². The fourth-order valence-corrected chi connectivity index (χ4v) is 2.68. The number of fused-ring (bicyclic) bond motifs is 1. The monoisotopic (exact) mass is 291 g/mol. The van der Waals surface area contributed by atoms with Gasteiger partial charge in [-0.3, -0.25) is 0 Å². The largest absolute Gasteiger partial charge is 0.310 e. The summed E-state index contributed by atoms with van der Waals surface area (Å²) in [4.78, 5) is 0. The third kappa shape index (κ3) is 3.30. The highest BCUT2D eigenvalue weighted by atomic mass is 79.9. The first kappa shape index (κ1) is 12.6. The Hall–Kier alpha value is -0.860.